The molecule has 0 unspecified atom stereocenters. The second-order valence-corrected chi connectivity index (χ2v) is 7.39. The van der Waals surface area contributed by atoms with Crippen LogP contribution in [0.1, 0.15) is 21.5 Å². The van der Waals surface area contributed by atoms with E-state index in [0.29, 0.717) is 17.1 Å². The number of halogens is 1. The third-order valence-corrected chi connectivity index (χ3v) is 5.18. The van der Waals surface area contributed by atoms with Crippen LogP contribution in [-0.4, -0.2) is 17.4 Å². The third kappa shape index (κ3) is 3.95. The maximum Gasteiger partial charge on any atom is 0.251 e. The maximum atomic E-state index is 12.4. The van der Waals surface area contributed by atoms with E-state index in [2.05, 4.69) is 41.5 Å². The number of aryl methyl sites for hydroxylation is 1. The van der Waals surface area contributed by atoms with Gasteiger partial charge in [0.15, 0.2) is 0 Å². The summed E-state index contributed by atoms with van der Waals surface area (Å²) in [7, 11) is 0. The predicted molar refractivity (Wildman–Crippen MR) is 116 cm³/mol. The Kier molecular flexibility index (Phi) is 5.18. The highest BCUT2D eigenvalue weighted by molar-refractivity contribution is 6.31. The van der Waals surface area contributed by atoms with Crippen LogP contribution in [0.15, 0.2) is 72.9 Å². The fraction of sp³-hybridized carbons (Fsp3) is 0.125. The van der Waals surface area contributed by atoms with E-state index in [9.17, 15) is 4.79 Å². The number of carbonyl (C=O) groups excluding carboxylic acids is 1. The number of H-pyrrole nitrogens is 1. The summed E-state index contributed by atoms with van der Waals surface area (Å²) < 4.78 is 0. The number of hydrogen-bond acceptors (Lipinski definition) is 1. The average molecular weight is 389 g/mol. The van der Waals surface area contributed by atoms with Crippen molar-refractivity contribution in [2.45, 2.75) is 13.3 Å². The molecule has 0 saturated heterocycles. The lowest BCUT2D eigenvalue weighted by atomic mass is 10.0. The molecule has 1 aromatic heterocycles. The summed E-state index contributed by atoms with van der Waals surface area (Å²) in [4.78, 5) is 15.7. The number of benzene rings is 3. The number of hydrogen-bond donors (Lipinski definition) is 2. The van der Waals surface area contributed by atoms with Gasteiger partial charge in [0.2, 0.25) is 0 Å². The Hall–Kier alpha value is -3.04. The van der Waals surface area contributed by atoms with Gasteiger partial charge in [0.25, 0.3) is 5.91 Å². The zero-order valence-electron chi connectivity index (χ0n) is 15.6. The minimum atomic E-state index is -0.0617. The predicted octanol–water partition coefficient (Wildman–Crippen LogP) is 5.77. The molecule has 28 heavy (non-hydrogen) atoms. The SMILES string of the molecule is Cc1ccc(-c2ccc(C(=O)NCCc3c[nH]c4ccc(Cl)cc34)cc2)cc1. The van der Waals surface area contributed by atoms with Crippen LogP contribution in [0.25, 0.3) is 22.0 Å². The van der Waals surface area contributed by atoms with Crippen molar-refractivity contribution in [3.63, 3.8) is 0 Å². The van der Waals surface area contributed by atoms with E-state index < -0.39 is 0 Å². The molecule has 4 aromatic rings. The Labute approximate surface area is 169 Å². The van der Waals surface area contributed by atoms with E-state index in [0.717, 1.165) is 34.0 Å². The minimum absolute atomic E-state index is 0.0617. The summed E-state index contributed by atoms with van der Waals surface area (Å²) in [5, 5.41) is 4.81. The van der Waals surface area contributed by atoms with Crippen molar-refractivity contribution in [1.82, 2.24) is 10.3 Å². The van der Waals surface area contributed by atoms with Gasteiger partial charge in [-0.1, -0.05) is 53.6 Å². The molecule has 3 nitrogen and oxygen atoms in total. The van der Waals surface area contributed by atoms with Crippen molar-refractivity contribution in [2.24, 2.45) is 0 Å². The highest BCUT2D eigenvalue weighted by Crippen LogP contribution is 2.23. The van der Waals surface area contributed by atoms with Crippen LogP contribution in [0.2, 0.25) is 5.02 Å². The molecule has 1 heterocycles. The standard InChI is InChI=1S/C24H21ClN2O/c1-16-2-4-17(5-3-16)18-6-8-19(9-7-18)24(28)26-13-12-20-15-27-23-11-10-21(25)14-22(20)23/h2-11,14-15,27H,12-13H2,1H3,(H,26,28). The Morgan fingerprint density at radius 1 is 0.964 bits per heavy atom. The molecule has 4 rings (SSSR count). The average Bonchev–Trinajstić information content (AvgIpc) is 3.11. The van der Waals surface area contributed by atoms with Gasteiger partial charge in [-0.25, -0.2) is 0 Å². The molecule has 3 aromatic carbocycles. The molecule has 0 aliphatic carbocycles. The first-order valence-electron chi connectivity index (χ1n) is 9.31. The zero-order valence-corrected chi connectivity index (χ0v) is 16.4. The number of fused-ring (bicyclic) bond motifs is 1. The zero-order chi connectivity index (χ0) is 19.5. The van der Waals surface area contributed by atoms with E-state index in [1.54, 1.807) is 0 Å². The maximum absolute atomic E-state index is 12.4. The summed E-state index contributed by atoms with van der Waals surface area (Å²) in [5.41, 5.74) is 6.35. The monoisotopic (exact) mass is 388 g/mol. The van der Waals surface area contributed by atoms with Crippen LogP contribution in [0.4, 0.5) is 0 Å². The summed E-state index contributed by atoms with van der Waals surface area (Å²) in [5.74, 6) is -0.0617. The van der Waals surface area contributed by atoms with Gasteiger partial charge in [-0.15, -0.1) is 0 Å². The first kappa shape index (κ1) is 18.3. The molecule has 0 aliphatic rings. The fourth-order valence-electron chi connectivity index (χ4n) is 3.33. The van der Waals surface area contributed by atoms with Crippen LogP contribution in [0.3, 0.4) is 0 Å². The largest absolute Gasteiger partial charge is 0.361 e. The lowest BCUT2D eigenvalue weighted by Crippen LogP contribution is -2.25. The smallest absolute Gasteiger partial charge is 0.251 e. The van der Waals surface area contributed by atoms with Gasteiger partial charge < -0.3 is 10.3 Å². The number of amides is 1. The molecule has 0 aliphatic heterocycles. The minimum Gasteiger partial charge on any atom is -0.361 e. The second kappa shape index (κ2) is 7.91. The Morgan fingerprint density at radius 3 is 2.36 bits per heavy atom. The molecule has 0 atom stereocenters. The molecule has 0 spiro atoms. The number of aromatic nitrogens is 1. The fourth-order valence-corrected chi connectivity index (χ4v) is 3.50. The first-order chi connectivity index (χ1) is 13.6. The molecular formula is C24H21ClN2O. The van der Waals surface area contributed by atoms with Crippen LogP contribution in [0, 0.1) is 6.92 Å². The quantitative estimate of drug-likeness (QED) is 0.448. The molecule has 0 fully saturated rings. The van der Waals surface area contributed by atoms with Crippen molar-refractivity contribution in [3.05, 3.63) is 94.6 Å². The van der Waals surface area contributed by atoms with E-state index in [-0.39, 0.29) is 5.91 Å². The van der Waals surface area contributed by atoms with Crippen LogP contribution in [-0.2, 0) is 6.42 Å². The summed E-state index contributed by atoms with van der Waals surface area (Å²) >= 11 is 6.09. The topological polar surface area (TPSA) is 44.9 Å². The summed E-state index contributed by atoms with van der Waals surface area (Å²) in [6.07, 6.45) is 2.72. The van der Waals surface area contributed by atoms with Gasteiger partial charge in [0.1, 0.15) is 0 Å². The molecule has 4 heteroatoms. The van der Waals surface area contributed by atoms with Gasteiger partial charge in [0, 0.05) is 34.2 Å². The van der Waals surface area contributed by atoms with E-state index in [1.165, 1.54) is 5.56 Å². The highest BCUT2D eigenvalue weighted by Gasteiger charge is 2.08. The van der Waals surface area contributed by atoms with Crippen molar-refractivity contribution in [3.8, 4) is 11.1 Å². The van der Waals surface area contributed by atoms with Crippen LogP contribution >= 0.6 is 11.6 Å². The van der Waals surface area contributed by atoms with Gasteiger partial charge in [0.05, 0.1) is 0 Å². The number of aromatic amines is 1. The van der Waals surface area contributed by atoms with Crippen LogP contribution < -0.4 is 5.32 Å². The molecule has 2 N–H and O–H groups in total. The molecule has 0 bridgehead atoms. The van der Waals surface area contributed by atoms with Crippen molar-refractivity contribution in [1.29, 1.82) is 0 Å². The highest BCUT2D eigenvalue weighted by atomic mass is 35.5. The van der Waals surface area contributed by atoms with E-state index in [4.69, 9.17) is 11.6 Å². The third-order valence-electron chi connectivity index (χ3n) is 4.94. The summed E-state index contributed by atoms with van der Waals surface area (Å²) in [6, 6.07) is 21.9. The first-order valence-corrected chi connectivity index (χ1v) is 9.69. The molecular weight excluding hydrogens is 368 g/mol. The second-order valence-electron chi connectivity index (χ2n) is 6.95. The van der Waals surface area contributed by atoms with E-state index in [1.807, 2.05) is 48.7 Å². The number of nitrogens with one attached hydrogen (secondary N) is 2. The normalized spacial score (nSPS) is 10.9. The van der Waals surface area contributed by atoms with E-state index >= 15 is 0 Å². The Morgan fingerprint density at radius 2 is 1.64 bits per heavy atom. The van der Waals surface area contributed by atoms with Crippen molar-refractivity contribution in [2.75, 3.05) is 6.54 Å². The van der Waals surface area contributed by atoms with Crippen LogP contribution in [0.5, 0.6) is 0 Å². The lowest BCUT2D eigenvalue weighted by Gasteiger charge is -2.07. The Bertz CT molecular complexity index is 1110. The lowest BCUT2D eigenvalue weighted by molar-refractivity contribution is 0.0954. The van der Waals surface area contributed by atoms with Gasteiger partial charge in [-0.05, 0) is 60.4 Å². The van der Waals surface area contributed by atoms with Crippen molar-refractivity contribution < 1.29 is 4.79 Å². The van der Waals surface area contributed by atoms with Crippen molar-refractivity contribution >= 4 is 28.4 Å². The molecule has 140 valence electrons. The van der Waals surface area contributed by atoms with Gasteiger partial charge in [-0.3, -0.25) is 4.79 Å². The number of rotatable bonds is 5. The van der Waals surface area contributed by atoms with Gasteiger partial charge >= 0.3 is 0 Å². The van der Waals surface area contributed by atoms with Gasteiger partial charge in [-0.2, -0.15) is 0 Å². The summed E-state index contributed by atoms with van der Waals surface area (Å²) in [6.45, 7) is 2.64. The Balaban J connectivity index is 1.38. The number of carbonyl (C=O) groups is 1. The molecule has 0 saturated carbocycles. The molecule has 0 radical (unpaired) electrons. The molecule has 1 amide bonds.